The number of aliphatic hydroxyl groups is 1. The van der Waals surface area contributed by atoms with Gasteiger partial charge in [-0.1, -0.05) is 6.92 Å². The van der Waals surface area contributed by atoms with Crippen LogP contribution >= 0.6 is 11.8 Å². The molecular weight excluding hydrogens is 224 g/mol. The first-order chi connectivity index (χ1) is 7.54. The molecule has 0 spiro atoms. The lowest BCUT2D eigenvalue weighted by molar-refractivity contribution is 0.0997. The maximum Gasteiger partial charge on any atom is 0.249 e. The highest BCUT2D eigenvalue weighted by Gasteiger charge is 2.12. The van der Waals surface area contributed by atoms with Crippen molar-refractivity contribution >= 4 is 23.4 Å². The molecule has 0 aliphatic heterocycles. The van der Waals surface area contributed by atoms with Gasteiger partial charge in [0, 0.05) is 22.4 Å². The quantitative estimate of drug-likeness (QED) is 0.533. The van der Waals surface area contributed by atoms with Crippen molar-refractivity contribution in [2.75, 3.05) is 12.3 Å². The number of nitrogens with two attached hydrogens (primary N) is 2. The Bertz CT molecular complexity index is 382. The number of carbonyl (C=O) groups excluding carboxylic acids is 1. The zero-order valence-corrected chi connectivity index (χ0v) is 9.96. The molecule has 1 aromatic carbocycles. The van der Waals surface area contributed by atoms with Crippen molar-refractivity contribution in [3.05, 3.63) is 23.8 Å². The van der Waals surface area contributed by atoms with Crippen molar-refractivity contribution < 1.29 is 9.90 Å². The fourth-order valence-electron chi connectivity index (χ4n) is 1.30. The SMILES string of the molecule is CC(CCO)Sc1ccc(N)cc1C(N)=O. The number of amides is 1. The van der Waals surface area contributed by atoms with Crippen LogP contribution in [0.15, 0.2) is 23.1 Å². The first-order valence-electron chi connectivity index (χ1n) is 5.01. The average Bonchev–Trinajstić information content (AvgIpc) is 2.20. The van der Waals surface area contributed by atoms with Gasteiger partial charge >= 0.3 is 0 Å². The molecule has 0 radical (unpaired) electrons. The van der Waals surface area contributed by atoms with Crippen LogP contribution in [0.25, 0.3) is 0 Å². The van der Waals surface area contributed by atoms with E-state index in [0.29, 0.717) is 17.7 Å². The maximum atomic E-state index is 11.2. The number of rotatable bonds is 5. The number of hydrogen-bond donors (Lipinski definition) is 3. The summed E-state index contributed by atoms with van der Waals surface area (Å²) in [5.74, 6) is -0.481. The lowest BCUT2D eigenvalue weighted by Gasteiger charge is -2.12. The summed E-state index contributed by atoms with van der Waals surface area (Å²) in [7, 11) is 0. The van der Waals surface area contributed by atoms with E-state index in [1.807, 2.05) is 6.92 Å². The van der Waals surface area contributed by atoms with E-state index < -0.39 is 5.91 Å². The van der Waals surface area contributed by atoms with Crippen LogP contribution in [0.4, 0.5) is 5.69 Å². The van der Waals surface area contributed by atoms with Gasteiger partial charge in [-0.05, 0) is 24.6 Å². The summed E-state index contributed by atoms with van der Waals surface area (Å²) in [6, 6.07) is 5.10. The molecule has 0 aromatic heterocycles. The van der Waals surface area contributed by atoms with Gasteiger partial charge in [0.15, 0.2) is 0 Å². The van der Waals surface area contributed by atoms with Crippen molar-refractivity contribution in [3.63, 3.8) is 0 Å². The van der Waals surface area contributed by atoms with Crippen LogP contribution in [0.5, 0.6) is 0 Å². The fraction of sp³-hybridized carbons (Fsp3) is 0.364. The Morgan fingerprint density at radius 3 is 2.81 bits per heavy atom. The van der Waals surface area contributed by atoms with E-state index in [9.17, 15) is 4.79 Å². The molecule has 0 saturated heterocycles. The minimum absolute atomic E-state index is 0.134. The Hall–Kier alpha value is -1.20. The number of benzene rings is 1. The molecule has 88 valence electrons. The molecule has 0 heterocycles. The Labute approximate surface area is 99.0 Å². The smallest absolute Gasteiger partial charge is 0.249 e. The molecule has 0 aliphatic rings. The fourth-order valence-corrected chi connectivity index (χ4v) is 2.39. The zero-order chi connectivity index (χ0) is 12.1. The normalized spacial score (nSPS) is 12.4. The molecular formula is C11H16N2O2S. The first-order valence-corrected chi connectivity index (χ1v) is 5.89. The van der Waals surface area contributed by atoms with Gasteiger partial charge in [0.1, 0.15) is 0 Å². The van der Waals surface area contributed by atoms with Crippen molar-refractivity contribution in [1.82, 2.24) is 0 Å². The summed E-state index contributed by atoms with van der Waals surface area (Å²) in [4.78, 5) is 12.0. The van der Waals surface area contributed by atoms with E-state index in [-0.39, 0.29) is 11.9 Å². The number of hydrogen-bond acceptors (Lipinski definition) is 4. The first kappa shape index (κ1) is 12.9. The zero-order valence-electron chi connectivity index (χ0n) is 9.14. The Morgan fingerprint density at radius 2 is 2.25 bits per heavy atom. The predicted molar refractivity (Wildman–Crippen MR) is 66.4 cm³/mol. The second kappa shape index (κ2) is 5.77. The summed E-state index contributed by atoms with van der Waals surface area (Å²) < 4.78 is 0. The summed E-state index contributed by atoms with van der Waals surface area (Å²) in [5.41, 5.74) is 11.8. The van der Waals surface area contributed by atoms with Gasteiger partial charge in [0.25, 0.3) is 0 Å². The van der Waals surface area contributed by atoms with Crippen LogP contribution in [-0.4, -0.2) is 22.9 Å². The van der Waals surface area contributed by atoms with Gasteiger partial charge in [-0.3, -0.25) is 4.79 Å². The highest BCUT2D eigenvalue weighted by Crippen LogP contribution is 2.29. The Kier molecular flexibility index (Phi) is 4.64. The number of aliphatic hydroxyl groups excluding tert-OH is 1. The molecule has 0 bridgehead atoms. The van der Waals surface area contributed by atoms with E-state index in [2.05, 4.69) is 0 Å². The summed E-state index contributed by atoms with van der Waals surface area (Å²) in [6.07, 6.45) is 0.674. The van der Waals surface area contributed by atoms with Gasteiger partial charge in [-0.2, -0.15) is 0 Å². The van der Waals surface area contributed by atoms with Crippen LogP contribution < -0.4 is 11.5 Å². The summed E-state index contributed by atoms with van der Waals surface area (Å²) >= 11 is 1.52. The van der Waals surface area contributed by atoms with Crippen LogP contribution in [0, 0.1) is 0 Å². The highest BCUT2D eigenvalue weighted by molar-refractivity contribution is 8.00. The molecule has 0 fully saturated rings. The van der Waals surface area contributed by atoms with Gasteiger partial charge < -0.3 is 16.6 Å². The third kappa shape index (κ3) is 3.43. The third-order valence-corrected chi connectivity index (χ3v) is 3.38. The molecule has 5 heteroatoms. The van der Waals surface area contributed by atoms with E-state index in [1.165, 1.54) is 11.8 Å². The number of primary amides is 1. The van der Waals surface area contributed by atoms with Gasteiger partial charge in [0.05, 0.1) is 5.56 Å². The number of nitrogen functional groups attached to an aromatic ring is 1. The second-order valence-corrected chi connectivity index (χ2v) is 5.04. The predicted octanol–water partition coefficient (Wildman–Crippen LogP) is 1.23. The summed E-state index contributed by atoms with van der Waals surface area (Å²) in [5, 5.41) is 9.04. The molecule has 5 N–H and O–H groups in total. The van der Waals surface area contributed by atoms with Crippen LogP contribution in [-0.2, 0) is 0 Å². The maximum absolute atomic E-state index is 11.2. The molecule has 1 aromatic rings. The number of thioether (sulfide) groups is 1. The van der Waals surface area contributed by atoms with Crippen molar-refractivity contribution in [3.8, 4) is 0 Å². The third-order valence-electron chi connectivity index (χ3n) is 2.13. The topological polar surface area (TPSA) is 89.3 Å². The van der Waals surface area contributed by atoms with Gasteiger partial charge in [-0.25, -0.2) is 0 Å². The largest absolute Gasteiger partial charge is 0.399 e. The lowest BCUT2D eigenvalue weighted by Crippen LogP contribution is -2.13. The minimum atomic E-state index is -0.481. The average molecular weight is 240 g/mol. The monoisotopic (exact) mass is 240 g/mol. The van der Waals surface area contributed by atoms with Crippen molar-refractivity contribution in [2.45, 2.75) is 23.5 Å². The minimum Gasteiger partial charge on any atom is -0.399 e. The number of carbonyl (C=O) groups is 1. The van der Waals surface area contributed by atoms with Gasteiger partial charge in [-0.15, -0.1) is 11.8 Å². The van der Waals surface area contributed by atoms with Crippen LogP contribution in [0.1, 0.15) is 23.7 Å². The number of anilines is 1. The van der Waals surface area contributed by atoms with E-state index in [1.54, 1.807) is 18.2 Å². The van der Waals surface area contributed by atoms with Crippen molar-refractivity contribution in [1.29, 1.82) is 0 Å². The van der Waals surface area contributed by atoms with E-state index in [4.69, 9.17) is 16.6 Å². The van der Waals surface area contributed by atoms with Gasteiger partial charge in [0.2, 0.25) is 5.91 Å². The Balaban J connectivity index is 2.90. The van der Waals surface area contributed by atoms with Crippen LogP contribution in [0.2, 0.25) is 0 Å². The molecule has 4 nitrogen and oxygen atoms in total. The molecule has 1 atom stereocenters. The van der Waals surface area contributed by atoms with E-state index >= 15 is 0 Å². The highest BCUT2D eigenvalue weighted by atomic mass is 32.2. The molecule has 1 amide bonds. The Morgan fingerprint density at radius 1 is 1.56 bits per heavy atom. The molecule has 0 saturated carbocycles. The van der Waals surface area contributed by atoms with Crippen molar-refractivity contribution in [2.24, 2.45) is 5.73 Å². The molecule has 1 rings (SSSR count). The molecule has 1 unspecified atom stereocenters. The summed E-state index contributed by atoms with van der Waals surface area (Å²) in [6.45, 7) is 2.12. The standard InChI is InChI=1S/C11H16N2O2S/c1-7(4-5-14)16-10-3-2-8(12)6-9(10)11(13)15/h2-3,6-7,14H,4-5,12H2,1H3,(H2,13,15). The lowest BCUT2D eigenvalue weighted by atomic mass is 10.2. The van der Waals surface area contributed by atoms with E-state index in [0.717, 1.165) is 4.90 Å². The molecule has 0 aliphatic carbocycles. The molecule has 16 heavy (non-hydrogen) atoms. The second-order valence-electron chi connectivity index (χ2n) is 3.56. The van der Waals surface area contributed by atoms with Crippen LogP contribution in [0.3, 0.4) is 0 Å².